The lowest BCUT2D eigenvalue weighted by Crippen LogP contribution is -2.18. The summed E-state index contributed by atoms with van der Waals surface area (Å²) in [4.78, 5) is 24.5. The fourth-order valence-electron chi connectivity index (χ4n) is 4.05. The molecule has 1 N–H and O–H groups in total. The van der Waals surface area contributed by atoms with Crippen LogP contribution in [0.2, 0.25) is 0 Å². The van der Waals surface area contributed by atoms with Crippen molar-refractivity contribution in [3.05, 3.63) is 128 Å². The zero-order chi connectivity index (χ0) is 29.1. The van der Waals surface area contributed by atoms with Crippen molar-refractivity contribution in [1.82, 2.24) is 0 Å². The van der Waals surface area contributed by atoms with E-state index >= 15 is 0 Å². The molecule has 4 aromatic rings. The predicted octanol–water partition coefficient (Wildman–Crippen LogP) is 6.51. The number of rotatable bonds is 8. The molecule has 0 bridgehead atoms. The van der Waals surface area contributed by atoms with E-state index < -0.39 is 43.6 Å². The van der Waals surface area contributed by atoms with Crippen molar-refractivity contribution in [2.45, 2.75) is 22.2 Å². The van der Waals surface area contributed by atoms with Crippen LogP contribution in [0.4, 0.5) is 20.2 Å². The second-order valence-electron chi connectivity index (χ2n) is 8.94. The van der Waals surface area contributed by atoms with E-state index in [1.54, 1.807) is 6.07 Å². The number of nitro groups is 1. The molecule has 8 nitrogen and oxygen atoms in total. The van der Waals surface area contributed by atoms with Crippen molar-refractivity contribution < 1.29 is 31.7 Å². The fourth-order valence-corrected chi connectivity index (χ4v) is 6.38. The van der Waals surface area contributed by atoms with Gasteiger partial charge in [-0.3, -0.25) is 14.9 Å². The number of ether oxygens (including phenoxy) is 1. The number of fused-ring (bicyclic) bond motifs is 1. The lowest BCUT2D eigenvalue weighted by molar-refractivity contribution is -0.386. The van der Waals surface area contributed by atoms with Gasteiger partial charge in [-0.15, -0.1) is 0 Å². The minimum atomic E-state index is -4.14. The minimum Gasteiger partial charge on any atom is -0.482 e. The highest BCUT2D eigenvalue weighted by Gasteiger charge is 2.26. The van der Waals surface area contributed by atoms with Gasteiger partial charge in [0, 0.05) is 16.5 Å². The van der Waals surface area contributed by atoms with Crippen LogP contribution in [0.15, 0.2) is 99.6 Å². The summed E-state index contributed by atoms with van der Waals surface area (Å²) in [6, 6.07) is 20.6. The van der Waals surface area contributed by atoms with E-state index in [1.807, 2.05) is 30.3 Å². The molecule has 0 aromatic heterocycles. The standard InChI is InChI=1S/C29H20F2N2O6S2/c30-22-7-4-8-23(31)21(22)17-41(37,38)20-10-12-27-24(15-20)32-29(34)28(40-27)14-19-9-11-26(25(13-19)33(35)36)39-16-18-5-2-1-3-6-18/h1-15H,16-17H2,(H,32,34)/b28-14+. The third-order valence-corrected chi connectivity index (χ3v) is 8.85. The van der Waals surface area contributed by atoms with Crippen molar-refractivity contribution >= 4 is 45.0 Å². The molecule has 4 aromatic carbocycles. The smallest absolute Gasteiger partial charge is 0.311 e. The molecule has 41 heavy (non-hydrogen) atoms. The molecule has 0 saturated heterocycles. The molecule has 0 atom stereocenters. The number of hydrogen-bond acceptors (Lipinski definition) is 7. The van der Waals surface area contributed by atoms with Crippen molar-refractivity contribution in [2.75, 3.05) is 5.32 Å². The number of nitro benzene ring substituents is 1. The van der Waals surface area contributed by atoms with Crippen LogP contribution in [0.25, 0.3) is 6.08 Å². The van der Waals surface area contributed by atoms with Gasteiger partial charge in [0.25, 0.3) is 5.91 Å². The average Bonchev–Trinajstić information content (AvgIpc) is 2.95. The SMILES string of the molecule is O=C1Nc2cc(S(=O)(=O)Cc3c(F)cccc3F)ccc2S/C1=C/c1ccc(OCc2ccccc2)c([N+](=O)[O-])c1. The molecule has 12 heteroatoms. The highest BCUT2D eigenvalue weighted by molar-refractivity contribution is 8.04. The lowest BCUT2D eigenvalue weighted by atomic mass is 10.1. The number of carbonyl (C=O) groups excluding carboxylic acids is 1. The highest BCUT2D eigenvalue weighted by Crippen LogP contribution is 2.41. The summed E-state index contributed by atoms with van der Waals surface area (Å²) in [5, 5.41) is 14.3. The van der Waals surface area contributed by atoms with E-state index in [-0.39, 0.29) is 33.5 Å². The Labute approximate surface area is 237 Å². The summed E-state index contributed by atoms with van der Waals surface area (Å²) in [5.41, 5.74) is 0.605. The van der Waals surface area contributed by atoms with E-state index in [0.717, 1.165) is 35.5 Å². The van der Waals surface area contributed by atoms with Crippen molar-refractivity contribution in [3.63, 3.8) is 0 Å². The van der Waals surface area contributed by atoms with Crippen LogP contribution in [-0.2, 0) is 27.0 Å². The van der Waals surface area contributed by atoms with Crippen molar-refractivity contribution in [2.24, 2.45) is 0 Å². The van der Waals surface area contributed by atoms with E-state index in [4.69, 9.17) is 4.74 Å². The number of thioether (sulfide) groups is 1. The first-order valence-corrected chi connectivity index (χ1v) is 14.5. The lowest BCUT2D eigenvalue weighted by Gasteiger charge is -2.19. The Morgan fingerprint density at radius 3 is 2.39 bits per heavy atom. The number of sulfone groups is 1. The Bertz CT molecular complexity index is 1790. The molecule has 1 aliphatic rings. The normalized spacial score (nSPS) is 13.9. The number of nitrogens with one attached hydrogen (secondary N) is 1. The molecule has 1 amide bonds. The number of halogens is 2. The summed E-state index contributed by atoms with van der Waals surface area (Å²) in [6.45, 7) is 0.143. The molecule has 0 spiro atoms. The monoisotopic (exact) mass is 594 g/mol. The van der Waals surface area contributed by atoms with Gasteiger partial charge >= 0.3 is 5.69 Å². The molecule has 5 rings (SSSR count). The Morgan fingerprint density at radius 2 is 1.68 bits per heavy atom. The van der Waals surface area contributed by atoms with E-state index in [1.165, 1.54) is 36.4 Å². The molecular formula is C29H20F2N2O6S2. The Morgan fingerprint density at radius 1 is 0.951 bits per heavy atom. The summed E-state index contributed by atoms with van der Waals surface area (Å²) in [7, 11) is -4.14. The van der Waals surface area contributed by atoms with Crippen LogP contribution < -0.4 is 10.1 Å². The van der Waals surface area contributed by atoms with Crippen LogP contribution in [0, 0.1) is 21.7 Å². The van der Waals surface area contributed by atoms with Crippen LogP contribution in [-0.4, -0.2) is 19.2 Å². The van der Waals surface area contributed by atoms with Crippen LogP contribution in [0.3, 0.4) is 0 Å². The maximum atomic E-state index is 14.0. The third kappa shape index (κ3) is 6.28. The number of benzene rings is 4. The van der Waals surface area contributed by atoms with Gasteiger partial charge in [0.15, 0.2) is 15.6 Å². The van der Waals surface area contributed by atoms with E-state index in [0.29, 0.717) is 10.5 Å². The number of amides is 1. The molecule has 0 saturated carbocycles. The van der Waals surface area contributed by atoms with Gasteiger partial charge in [0.1, 0.15) is 18.2 Å². The topological polar surface area (TPSA) is 116 Å². The predicted molar refractivity (Wildman–Crippen MR) is 150 cm³/mol. The van der Waals surface area contributed by atoms with Crippen LogP contribution >= 0.6 is 11.8 Å². The van der Waals surface area contributed by atoms with Gasteiger partial charge in [0.2, 0.25) is 0 Å². The average molecular weight is 595 g/mol. The summed E-state index contributed by atoms with van der Waals surface area (Å²) in [5.74, 6) is -3.30. The van der Waals surface area contributed by atoms with Gasteiger partial charge in [-0.2, -0.15) is 0 Å². The van der Waals surface area contributed by atoms with E-state index in [9.17, 15) is 32.1 Å². The maximum absolute atomic E-state index is 14.0. The third-order valence-electron chi connectivity index (χ3n) is 6.11. The van der Waals surface area contributed by atoms with Gasteiger partial charge < -0.3 is 10.1 Å². The van der Waals surface area contributed by atoms with Crippen LogP contribution in [0.1, 0.15) is 16.7 Å². The van der Waals surface area contributed by atoms with E-state index in [2.05, 4.69) is 5.32 Å². The zero-order valence-electron chi connectivity index (χ0n) is 21.0. The molecule has 208 valence electrons. The van der Waals surface area contributed by atoms with Gasteiger partial charge in [-0.25, -0.2) is 17.2 Å². The quantitative estimate of drug-likeness (QED) is 0.140. The molecule has 0 aliphatic carbocycles. The highest BCUT2D eigenvalue weighted by atomic mass is 32.2. The molecule has 0 unspecified atom stereocenters. The van der Waals surface area contributed by atoms with Gasteiger partial charge in [-0.05, 0) is 53.6 Å². The Hall–Kier alpha value is -4.55. The largest absolute Gasteiger partial charge is 0.482 e. The summed E-state index contributed by atoms with van der Waals surface area (Å²) in [6.07, 6.45) is 1.47. The van der Waals surface area contributed by atoms with Gasteiger partial charge in [-0.1, -0.05) is 54.2 Å². The van der Waals surface area contributed by atoms with Crippen molar-refractivity contribution in [3.8, 4) is 5.75 Å². The van der Waals surface area contributed by atoms with Crippen LogP contribution in [0.5, 0.6) is 5.75 Å². The maximum Gasteiger partial charge on any atom is 0.311 e. The number of carbonyl (C=O) groups is 1. The molecule has 1 aliphatic heterocycles. The van der Waals surface area contributed by atoms with Crippen molar-refractivity contribution in [1.29, 1.82) is 0 Å². The Kier molecular flexibility index (Phi) is 7.86. The second-order valence-corrected chi connectivity index (χ2v) is 12.0. The first-order valence-electron chi connectivity index (χ1n) is 12.1. The first kappa shape index (κ1) is 28.0. The minimum absolute atomic E-state index is 0.0797. The first-order chi connectivity index (χ1) is 19.6. The number of anilines is 1. The molecule has 1 heterocycles. The second kappa shape index (κ2) is 11.5. The summed E-state index contributed by atoms with van der Waals surface area (Å²) < 4.78 is 59.5. The number of hydrogen-bond donors (Lipinski definition) is 1. The number of nitrogens with zero attached hydrogens (tertiary/aromatic N) is 1. The molecule has 0 radical (unpaired) electrons. The molecular weight excluding hydrogens is 574 g/mol. The summed E-state index contributed by atoms with van der Waals surface area (Å²) >= 11 is 1.05. The Balaban J connectivity index is 1.36. The molecule has 0 fully saturated rings. The zero-order valence-corrected chi connectivity index (χ0v) is 22.7. The fraction of sp³-hybridized carbons (Fsp3) is 0.0690. The van der Waals surface area contributed by atoms with Gasteiger partial charge in [0.05, 0.1) is 26.2 Å².